The Morgan fingerprint density at radius 1 is 1.07 bits per heavy atom. The van der Waals surface area contributed by atoms with Crippen molar-refractivity contribution in [2.75, 3.05) is 45.8 Å². The molecule has 0 bridgehead atoms. The first-order chi connectivity index (χ1) is 12.8. The van der Waals surface area contributed by atoms with Crippen molar-refractivity contribution in [2.45, 2.75) is 13.8 Å². The van der Waals surface area contributed by atoms with Crippen LogP contribution in [-0.4, -0.2) is 51.7 Å². The highest BCUT2D eigenvalue weighted by Gasteiger charge is 2.23. The van der Waals surface area contributed by atoms with E-state index in [0.717, 1.165) is 17.8 Å². The quantitative estimate of drug-likeness (QED) is 0.675. The molecular formula is C21H27ClN2O3. The molecule has 0 saturated carbocycles. The highest BCUT2D eigenvalue weighted by Crippen LogP contribution is 2.32. The number of hydrogen-bond donors (Lipinski definition) is 0. The standard InChI is InChI=1S/C21H27ClN2O3/c1-6-26-18-8-7-9-19(27-13-12-23(3)4)20(18)21(25)24(5)16-10-11-17(22)15(2)14-16/h7-11,14H,6,12-13H2,1-5H3. The summed E-state index contributed by atoms with van der Waals surface area (Å²) < 4.78 is 11.6. The summed E-state index contributed by atoms with van der Waals surface area (Å²) in [6.45, 7) is 5.49. The zero-order chi connectivity index (χ0) is 20.0. The highest BCUT2D eigenvalue weighted by molar-refractivity contribution is 6.31. The average molecular weight is 391 g/mol. The van der Waals surface area contributed by atoms with E-state index in [2.05, 4.69) is 0 Å². The van der Waals surface area contributed by atoms with Gasteiger partial charge in [0.1, 0.15) is 23.7 Å². The van der Waals surface area contributed by atoms with Crippen molar-refractivity contribution in [1.82, 2.24) is 4.90 Å². The van der Waals surface area contributed by atoms with E-state index in [9.17, 15) is 4.79 Å². The minimum atomic E-state index is -0.194. The minimum absolute atomic E-state index is 0.194. The van der Waals surface area contributed by atoms with Crippen molar-refractivity contribution in [3.8, 4) is 11.5 Å². The van der Waals surface area contributed by atoms with Crippen molar-refractivity contribution in [3.05, 3.63) is 52.5 Å². The number of hydrogen-bond acceptors (Lipinski definition) is 4. The number of benzene rings is 2. The van der Waals surface area contributed by atoms with E-state index in [0.29, 0.717) is 35.3 Å². The maximum atomic E-state index is 13.3. The molecule has 2 rings (SSSR count). The molecule has 0 aliphatic heterocycles. The first kappa shape index (κ1) is 21.1. The van der Waals surface area contributed by atoms with Gasteiger partial charge in [-0.1, -0.05) is 17.7 Å². The number of anilines is 1. The maximum Gasteiger partial charge on any atom is 0.265 e. The summed E-state index contributed by atoms with van der Waals surface area (Å²) in [6, 6.07) is 10.9. The molecular weight excluding hydrogens is 364 g/mol. The van der Waals surface area contributed by atoms with Crippen LogP contribution in [0, 0.1) is 6.92 Å². The van der Waals surface area contributed by atoms with Crippen molar-refractivity contribution in [2.24, 2.45) is 0 Å². The molecule has 2 aromatic carbocycles. The number of rotatable bonds is 8. The number of carbonyl (C=O) groups is 1. The topological polar surface area (TPSA) is 42.0 Å². The molecule has 2 aromatic rings. The fraction of sp³-hybridized carbons (Fsp3) is 0.381. The Bertz CT molecular complexity index is 793. The van der Waals surface area contributed by atoms with Crippen LogP contribution in [0.1, 0.15) is 22.8 Å². The molecule has 5 nitrogen and oxygen atoms in total. The Kier molecular flexibility index (Phi) is 7.51. The van der Waals surface area contributed by atoms with E-state index in [-0.39, 0.29) is 5.91 Å². The lowest BCUT2D eigenvalue weighted by molar-refractivity contribution is 0.0984. The monoisotopic (exact) mass is 390 g/mol. The van der Waals surface area contributed by atoms with Gasteiger partial charge in [-0.05, 0) is 63.8 Å². The van der Waals surface area contributed by atoms with Gasteiger partial charge in [-0.15, -0.1) is 0 Å². The van der Waals surface area contributed by atoms with Gasteiger partial charge in [0.05, 0.1) is 6.61 Å². The second-order valence-electron chi connectivity index (χ2n) is 6.51. The van der Waals surface area contributed by atoms with Crippen LogP contribution in [0.5, 0.6) is 11.5 Å². The maximum absolute atomic E-state index is 13.3. The van der Waals surface area contributed by atoms with Crippen LogP contribution < -0.4 is 14.4 Å². The third-order valence-electron chi connectivity index (χ3n) is 4.13. The van der Waals surface area contributed by atoms with Crippen molar-refractivity contribution < 1.29 is 14.3 Å². The predicted molar refractivity (Wildman–Crippen MR) is 111 cm³/mol. The summed E-state index contributed by atoms with van der Waals surface area (Å²) in [5, 5.41) is 0.669. The minimum Gasteiger partial charge on any atom is -0.493 e. The lowest BCUT2D eigenvalue weighted by atomic mass is 10.1. The van der Waals surface area contributed by atoms with E-state index < -0.39 is 0 Å². The molecule has 27 heavy (non-hydrogen) atoms. The van der Waals surface area contributed by atoms with Crippen LogP contribution in [0.25, 0.3) is 0 Å². The number of amides is 1. The fourth-order valence-electron chi connectivity index (χ4n) is 2.58. The van der Waals surface area contributed by atoms with Gasteiger partial charge in [0, 0.05) is 24.3 Å². The second kappa shape index (κ2) is 9.62. The average Bonchev–Trinajstić information content (AvgIpc) is 2.63. The first-order valence-corrected chi connectivity index (χ1v) is 9.30. The van der Waals surface area contributed by atoms with E-state index in [1.165, 1.54) is 0 Å². The smallest absolute Gasteiger partial charge is 0.265 e. The number of likely N-dealkylation sites (N-methyl/N-ethyl adjacent to an activating group) is 1. The van der Waals surface area contributed by atoms with Gasteiger partial charge >= 0.3 is 0 Å². The number of halogens is 1. The van der Waals surface area contributed by atoms with Crippen molar-refractivity contribution in [1.29, 1.82) is 0 Å². The van der Waals surface area contributed by atoms with Gasteiger partial charge in [-0.2, -0.15) is 0 Å². The molecule has 146 valence electrons. The summed E-state index contributed by atoms with van der Waals surface area (Å²) in [4.78, 5) is 16.9. The number of nitrogens with zero attached hydrogens (tertiary/aromatic N) is 2. The van der Waals surface area contributed by atoms with E-state index in [1.807, 2.05) is 51.0 Å². The molecule has 0 N–H and O–H groups in total. The molecule has 0 fully saturated rings. The highest BCUT2D eigenvalue weighted by atomic mass is 35.5. The van der Waals surface area contributed by atoms with E-state index >= 15 is 0 Å². The van der Waals surface area contributed by atoms with Crippen LogP contribution in [0.15, 0.2) is 36.4 Å². The van der Waals surface area contributed by atoms with Gasteiger partial charge in [0.2, 0.25) is 0 Å². The molecule has 0 aliphatic rings. The van der Waals surface area contributed by atoms with Gasteiger partial charge in [-0.25, -0.2) is 0 Å². The molecule has 0 aromatic heterocycles. The second-order valence-corrected chi connectivity index (χ2v) is 6.92. The van der Waals surface area contributed by atoms with E-state index in [4.69, 9.17) is 21.1 Å². The summed E-state index contributed by atoms with van der Waals surface area (Å²) >= 11 is 6.11. The fourth-order valence-corrected chi connectivity index (χ4v) is 2.70. The summed E-state index contributed by atoms with van der Waals surface area (Å²) in [6.07, 6.45) is 0. The first-order valence-electron chi connectivity index (χ1n) is 8.92. The molecule has 0 saturated heterocycles. The van der Waals surface area contributed by atoms with Gasteiger partial charge in [-0.3, -0.25) is 4.79 Å². The molecule has 0 unspecified atom stereocenters. The molecule has 0 spiro atoms. The van der Waals surface area contributed by atoms with Crippen LogP contribution in [0.3, 0.4) is 0 Å². The zero-order valence-corrected chi connectivity index (χ0v) is 17.3. The lowest BCUT2D eigenvalue weighted by Crippen LogP contribution is -2.28. The normalized spacial score (nSPS) is 10.8. The Labute approximate surface area is 166 Å². The third kappa shape index (κ3) is 5.37. The van der Waals surface area contributed by atoms with Crippen molar-refractivity contribution in [3.63, 3.8) is 0 Å². The van der Waals surface area contributed by atoms with E-state index in [1.54, 1.807) is 30.1 Å². The largest absolute Gasteiger partial charge is 0.493 e. The number of aryl methyl sites for hydroxylation is 1. The van der Waals surface area contributed by atoms with Crippen molar-refractivity contribution >= 4 is 23.2 Å². The lowest BCUT2D eigenvalue weighted by Gasteiger charge is -2.22. The van der Waals surface area contributed by atoms with Crippen LogP contribution in [0.2, 0.25) is 5.02 Å². The van der Waals surface area contributed by atoms with Gasteiger partial charge in [0.15, 0.2) is 0 Å². The zero-order valence-electron chi connectivity index (χ0n) is 16.6. The molecule has 1 amide bonds. The van der Waals surface area contributed by atoms with Gasteiger partial charge in [0.25, 0.3) is 5.91 Å². The summed E-state index contributed by atoms with van der Waals surface area (Å²) in [7, 11) is 5.68. The van der Waals surface area contributed by atoms with Crippen LogP contribution in [0.4, 0.5) is 5.69 Å². The number of ether oxygens (including phenoxy) is 2. The molecule has 6 heteroatoms. The molecule has 0 aliphatic carbocycles. The Balaban J connectivity index is 2.37. The van der Waals surface area contributed by atoms with Crippen LogP contribution in [-0.2, 0) is 0 Å². The Morgan fingerprint density at radius 3 is 2.33 bits per heavy atom. The third-order valence-corrected chi connectivity index (χ3v) is 4.56. The summed E-state index contributed by atoms with van der Waals surface area (Å²) in [5.41, 5.74) is 2.09. The SMILES string of the molecule is CCOc1cccc(OCCN(C)C)c1C(=O)N(C)c1ccc(Cl)c(C)c1. The summed E-state index contributed by atoms with van der Waals surface area (Å²) in [5.74, 6) is 0.841. The Hall–Kier alpha value is -2.24. The number of carbonyl (C=O) groups excluding carboxylic acids is 1. The Morgan fingerprint density at radius 2 is 1.74 bits per heavy atom. The molecule has 0 heterocycles. The molecule has 0 atom stereocenters. The molecule has 0 radical (unpaired) electrons. The van der Waals surface area contributed by atoms with Crippen LogP contribution >= 0.6 is 11.6 Å². The predicted octanol–water partition coefficient (Wildman–Crippen LogP) is 4.26. The van der Waals surface area contributed by atoms with Gasteiger partial charge < -0.3 is 19.3 Å².